The first-order chi connectivity index (χ1) is 14.1. The maximum absolute atomic E-state index is 15.1. The fourth-order valence-electron chi connectivity index (χ4n) is 3.91. The Hall–Kier alpha value is -3.10. The van der Waals surface area contributed by atoms with Crippen LogP contribution in [0.4, 0.5) is 14.9 Å². The predicted molar refractivity (Wildman–Crippen MR) is 107 cm³/mol. The molecular formula is C21H24FN3O5. The maximum atomic E-state index is 15.1. The molecule has 4 rings (SSSR count). The topological polar surface area (TPSA) is 101 Å². The molecule has 0 bridgehead atoms. The zero-order valence-corrected chi connectivity index (χ0v) is 17.1. The summed E-state index contributed by atoms with van der Waals surface area (Å²) >= 11 is 0. The average Bonchev–Trinajstić information content (AvgIpc) is 3.06. The Kier molecular flexibility index (Phi) is 4.91. The van der Waals surface area contributed by atoms with Gasteiger partial charge in [0.2, 0.25) is 11.8 Å². The lowest BCUT2D eigenvalue weighted by Crippen LogP contribution is -2.60. The Morgan fingerprint density at radius 1 is 1.33 bits per heavy atom. The van der Waals surface area contributed by atoms with Gasteiger partial charge in [-0.2, -0.15) is 0 Å². The number of rotatable bonds is 3. The molecule has 2 aliphatic heterocycles. The van der Waals surface area contributed by atoms with Crippen LogP contribution in [0.1, 0.15) is 45.1 Å². The van der Waals surface area contributed by atoms with Crippen molar-refractivity contribution in [2.24, 2.45) is 0 Å². The van der Waals surface area contributed by atoms with Crippen LogP contribution in [0.5, 0.6) is 0 Å². The molecule has 0 aliphatic carbocycles. The number of benzene rings is 1. The number of imide groups is 1. The van der Waals surface area contributed by atoms with Crippen molar-refractivity contribution in [1.82, 2.24) is 10.6 Å². The fourth-order valence-corrected chi connectivity index (χ4v) is 3.91. The predicted octanol–water partition coefficient (Wildman–Crippen LogP) is 2.81. The molecule has 2 fully saturated rings. The standard InChI is InChI=1S/C21H24FN3O5/c1-21(2,3)30-20(28)23-11-9-25(10-11)15-8-14(22)17(12-6-7-29-18(12)15)13-4-5-16(26)24-19(13)27/h6-8,11,13H,4-5,9-10H2,1-3H3,(H,23,28)(H,24,26,27). The summed E-state index contributed by atoms with van der Waals surface area (Å²) in [5, 5.41) is 5.58. The van der Waals surface area contributed by atoms with Crippen molar-refractivity contribution in [3.05, 3.63) is 29.8 Å². The van der Waals surface area contributed by atoms with E-state index in [1.54, 1.807) is 26.8 Å². The lowest BCUT2D eigenvalue weighted by molar-refractivity contribution is -0.134. The minimum absolute atomic E-state index is 0.122. The summed E-state index contributed by atoms with van der Waals surface area (Å²) in [6.07, 6.45) is 1.39. The number of carbonyl (C=O) groups excluding carboxylic acids is 3. The van der Waals surface area contributed by atoms with E-state index in [1.807, 2.05) is 4.90 Å². The largest absolute Gasteiger partial charge is 0.462 e. The van der Waals surface area contributed by atoms with Gasteiger partial charge in [-0.05, 0) is 33.3 Å². The Balaban J connectivity index is 1.52. The molecule has 1 unspecified atom stereocenters. The Bertz CT molecular complexity index is 1020. The van der Waals surface area contributed by atoms with E-state index in [9.17, 15) is 14.4 Å². The molecule has 3 amide bonds. The molecule has 2 aliphatic rings. The lowest BCUT2D eigenvalue weighted by atomic mass is 9.87. The number of hydrogen-bond acceptors (Lipinski definition) is 6. The number of furan rings is 1. The first-order valence-electron chi connectivity index (χ1n) is 9.90. The molecule has 8 nitrogen and oxygen atoms in total. The minimum Gasteiger partial charge on any atom is -0.462 e. The van der Waals surface area contributed by atoms with Crippen LogP contribution >= 0.6 is 0 Å². The van der Waals surface area contributed by atoms with E-state index in [0.29, 0.717) is 29.7 Å². The molecule has 0 saturated carbocycles. The second-order valence-electron chi connectivity index (χ2n) is 8.71. The van der Waals surface area contributed by atoms with Crippen LogP contribution in [-0.4, -0.2) is 42.6 Å². The van der Waals surface area contributed by atoms with Crippen LogP contribution < -0.4 is 15.5 Å². The highest BCUT2D eigenvalue weighted by Gasteiger charge is 2.36. The second-order valence-corrected chi connectivity index (χ2v) is 8.71. The van der Waals surface area contributed by atoms with Gasteiger partial charge < -0.3 is 19.4 Å². The zero-order chi connectivity index (χ0) is 21.6. The van der Waals surface area contributed by atoms with Gasteiger partial charge in [-0.1, -0.05) is 0 Å². The number of alkyl carbamates (subject to hydrolysis) is 1. The van der Waals surface area contributed by atoms with Gasteiger partial charge in [0.25, 0.3) is 0 Å². The van der Waals surface area contributed by atoms with Gasteiger partial charge >= 0.3 is 6.09 Å². The van der Waals surface area contributed by atoms with Crippen molar-refractivity contribution in [3.8, 4) is 0 Å². The molecule has 2 N–H and O–H groups in total. The van der Waals surface area contributed by atoms with E-state index >= 15 is 4.39 Å². The number of ether oxygens (including phenoxy) is 1. The summed E-state index contributed by atoms with van der Waals surface area (Å²) in [5.74, 6) is -2.10. The monoisotopic (exact) mass is 417 g/mol. The lowest BCUT2D eigenvalue weighted by Gasteiger charge is -2.41. The Morgan fingerprint density at radius 2 is 2.07 bits per heavy atom. The summed E-state index contributed by atoms with van der Waals surface area (Å²) < 4.78 is 26.0. The molecule has 3 heterocycles. The molecule has 30 heavy (non-hydrogen) atoms. The number of hydrogen-bond donors (Lipinski definition) is 2. The van der Waals surface area contributed by atoms with Crippen LogP contribution in [0, 0.1) is 5.82 Å². The van der Waals surface area contributed by atoms with Gasteiger partial charge in [-0.15, -0.1) is 0 Å². The Morgan fingerprint density at radius 3 is 2.73 bits per heavy atom. The highest BCUT2D eigenvalue weighted by atomic mass is 19.1. The first kappa shape index (κ1) is 20.2. The second kappa shape index (κ2) is 7.30. The van der Waals surface area contributed by atoms with Crippen LogP contribution in [-0.2, 0) is 14.3 Å². The summed E-state index contributed by atoms with van der Waals surface area (Å²) in [4.78, 5) is 37.5. The quantitative estimate of drug-likeness (QED) is 0.745. The summed E-state index contributed by atoms with van der Waals surface area (Å²) in [5.41, 5.74) is 0.706. The SMILES string of the molecule is CC(C)(C)OC(=O)NC1CN(c2cc(F)c(C3CCC(=O)NC3=O)c3ccoc23)C1. The van der Waals surface area contributed by atoms with Gasteiger partial charge in [0, 0.05) is 36.5 Å². The number of carbonyl (C=O) groups is 3. The summed E-state index contributed by atoms with van der Waals surface area (Å²) in [6, 6.07) is 2.87. The van der Waals surface area contributed by atoms with Crippen molar-refractivity contribution < 1.29 is 27.9 Å². The highest BCUT2D eigenvalue weighted by Crippen LogP contribution is 2.39. The van der Waals surface area contributed by atoms with Crippen molar-refractivity contribution in [1.29, 1.82) is 0 Å². The van der Waals surface area contributed by atoms with Gasteiger partial charge in [0.1, 0.15) is 11.4 Å². The first-order valence-corrected chi connectivity index (χ1v) is 9.90. The van der Waals surface area contributed by atoms with E-state index in [1.165, 1.54) is 12.3 Å². The maximum Gasteiger partial charge on any atom is 0.407 e. The molecule has 1 aromatic carbocycles. The van der Waals surface area contributed by atoms with Crippen LogP contribution in [0.2, 0.25) is 0 Å². The van der Waals surface area contributed by atoms with Crippen molar-refractivity contribution >= 4 is 34.6 Å². The minimum atomic E-state index is -0.741. The number of halogens is 1. The third kappa shape index (κ3) is 3.83. The van der Waals surface area contributed by atoms with Gasteiger partial charge in [-0.3, -0.25) is 14.9 Å². The van der Waals surface area contributed by atoms with E-state index in [2.05, 4.69) is 10.6 Å². The normalized spacial score (nSPS) is 20.1. The number of fused-ring (bicyclic) bond motifs is 1. The van der Waals surface area contributed by atoms with E-state index in [-0.39, 0.29) is 30.4 Å². The summed E-state index contributed by atoms with van der Waals surface area (Å²) in [7, 11) is 0. The van der Waals surface area contributed by atoms with E-state index in [4.69, 9.17) is 9.15 Å². The average molecular weight is 417 g/mol. The fraction of sp³-hybridized carbons (Fsp3) is 0.476. The molecule has 2 saturated heterocycles. The van der Waals surface area contributed by atoms with Crippen molar-refractivity contribution in [3.63, 3.8) is 0 Å². The van der Waals surface area contributed by atoms with Gasteiger partial charge in [0.15, 0.2) is 5.58 Å². The third-order valence-corrected chi connectivity index (χ3v) is 5.24. The smallest absolute Gasteiger partial charge is 0.407 e. The van der Waals surface area contributed by atoms with Gasteiger partial charge in [-0.25, -0.2) is 9.18 Å². The molecule has 2 aromatic rings. The number of piperidine rings is 1. The molecule has 0 radical (unpaired) electrons. The van der Waals surface area contributed by atoms with Crippen LogP contribution in [0.3, 0.4) is 0 Å². The van der Waals surface area contributed by atoms with Gasteiger partial charge in [0.05, 0.1) is 23.9 Å². The number of amides is 3. The Labute approximate surface area is 172 Å². The molecule has 1 atom stereocenters. The van der Waals surface area contributed by atoms with Crippen LogP contribution in [0.15, 0.2) is 22.8 Å². The van der Waals surface area contributed by atoms with Crippen LogP contribution in [0.25, 0.3) is 11.0 Å². The van der Waals surface area contributed by atoms with Crippen molar-refractivity contribution in [2.45, 2.75) is 51.2 Å². The zero-order valence-electron chi connectivity index (χ0n) is 17.1. The third-order valence-electron chi connectivity index (χ3n) is 5.24. The molecular weight excluding hydrogens is 393 g/mol. The van der Waals surface area contributed by atoms with E-state index in [0.717, 1.165) is 0 Å². The van der Waals surface area contributed by atoms with E-state index < -0.39 is 29.3 Å². The molecule has 1 aromatic heterocycles. The van der Waals surface area contributed by atoms with Crippen molar-refractivity contribution in [2.75, 3.05) is 18.0 Å². The number of nitrogens with one attached hydrogen (secondary N) is 2. The highest BCUT2D eigenvalue weighted by molar-refractivity contribution is 6.04. The number of anilines is 1. The molecule has 160 valence electrons. The molecule has 9 heteroatoms. The summed E-state index contributed by atoms with van der Waals surface area (Å²) in [6.45, 7) is 6.33. The number of nitrogens with zero attached hydrogens (tertiary/aromatic N) is 1. The molecule has 0 spiro atoms.